The van der Waals surface area contributed by atoms with Crippen LogP contribution >= 0.6 is 0 Å². The Morgan fingerprint density at radius 1 is 1.19 bits per heavy atom. The molecule has 0 N–H and O–H groups in total. The molecule has 1 unspecified atom stereocenters. The summed E-state index contributed by atoms with van der Waals surface area (Å²) >= 11 is 0. The molecule has 1 aromatic rings. The van der Waals surface area contributed by atoms with Crippen molar-refractivity contribution in [2.75, 3.05) is 38.2 Å². The number of hydrogen-bond acceptors (Lipinski definition) is 4. The molecule has 4 heteroatoms. The molecule has 1 aromatic carbocycles. The van der Waals surface area contributed by atoms with Crippen LogP contribution in [0.5, 0.6) is 5.75 Å². The molecule has 112 valence electrons. The van der Waals surface area contributed by atoms with E-state index in [4.69, 9.17) is 4.74 Å². The maximum atomic E-state index is 9.33. The zero-order valence-corrected chi connectivity index (χ0v) is 12.7. The van der Waals surface area contributed by atoms with Crippen LogP contribution in [-0.4, -0.2) is 44.2 Å². The highest BCUT2D eigenvalue weighted by Gasteiger charge is 2.29. The molecule has 3 rings (SSSR count). The Balaban J connectivity index is 1.74. The van der Waals surface area contributed by atoms with Crippen molar-refractivity contribution in [3.63, 3.8) is 0 Å². The van der Waals surface area contributed by atoms with Crippen molar-refractivity contribution in [2.45, 2.75) is 31.7 Å². The summed E-state index contributed by atoms with van der Waals surface area (Å²) < 4.78 is 5.31. The molecule has 4 nitrogen and oxygen atoms in total. The summed E-state index contributed by atoms with van der Waals surface area (Å²) in [6, 6.07) is 8.67. The van der Waals surface area contributed by atoms with E-state index < -0.39 is 0 Å². The van der Waals surface area contributed by atoms with Gasteiger partial charge < -0.3 is 9.64 Å². The number of piperidine rings is 1. The molecule has 1 atom stereocenters. The van der Waals surface area contributed by atoms with E-state index >= 15 is 0 Å². The minimum absolute atomic E-state index is 0.642. The number of benzene rings is 1. The quantitative estimate of drug-likeness (QED) is 0.856. The third-order valence-electron chi connectivity index (χ3n) is 4.74. The molecule has 0 saturated carbocycles. The van der Waals surface area contributed by atoms with Crippen LogP contribution in [0.15, 0.2) is 18.2 Å². The van der Waals surface area contributed by atoms with E-state index in [1.54, 1.807) is 7.11 Å². The lowest BCUT2D eigenvalue weighted by Crippen LogP contribution is -2.40. The first-order valence-corrected chi connectivity index (χ1v) is 7.89. The van der Waals surface area contributed by atoms with Gasteiger partial charge >= 0.3 is 0 Å². The highest BCUT2D eigenvalue weighted by atomic mass is 16.5. The van der Waals surface area contributed by atoms with E-state index in [1.807, 2.05) is 18.2 Å². The number of likely N-dealkylation sites (tertiary alicyclic amines) is 1. The lowest BCUT2D eigenvalue weighted by molar-refractivity contribution is 0.175. The lowest BCUT2D eigenvalue weighted by Gasteiger charge is -2.32. The van der Waals surface area contributed by atoms with E-state index in [-0.39, 0.29) is 0 Å². The number of rotatable bonds is 3. The highest BCUT2D eigenvalue weighted by molar-refractivity contribution is 5.62. The van der Waals surface area contributed by atoms with Gasteiger partial charge in [-0.25, -0.2) is 0 Å². The summed E-state index contributed by atoms with van der Waals surface area (Å²) in [5.41, 5.74) is 1.77. The molecule has 2 aliphatic rings. The molecule has 0 aromatic heterocycles. The van der Waals surface area contributed by atoms with Crippen LogP contribution < -0.4 is 9.64 Å². The predicted molar refractivity (Wildman–Crippen MR) is 83.8 cm³/mol. The standard InChI is InChI=1S/C17H23N3O/c1-21-16-6-5-14(12-18)17(11-16)20-10-7-15(13-20)19-8-3-2-4-9-19/h5-6,11,15H,2-4,7-10,13H2,1H3. The zero-order chi connectivity index (χ0) is 14.7. The minimum Gasteiger partial charge on any atom is -0.497 e. The van der Waals surface area contributed by atoms with Gasteiger partial charge in [0.05, 0.1) is 18.4 Å². The monoisotopic (exact) mass is 285 g/mol. The second kappa shape index (κ2) is 6.36. The Hall–Kier alpha value is -1.73. The first-order chi connectivity index (χ1) is 10.3. The van der Waals surface area contributed by atoms with E-state index in [0.29, 0.717) is 6.04 Å². The Kier molecular flexibility index (Phi) is 4.31. The van der Waals surface area contributed by atoms with Gasteiger partial charge in [0.25, 0.3) is 0 Å². The third-order valence-corrected chi connectivity index (χ3v) is 4.74. The molecule has 0 amide bonds. The summed E-state index contributed by atoms with van der Waals surface area (Å²) in [6.07, 6.45) is 5.24. The fourth-order valence-corrected chi connectivity index (χ4v) is 3.54. The van der Waals surface area contributed by atoms with E-state index in [1.165, 1.54) is 38.8 Å². The molecule has 2 heterocycles. The van der Waals surface area contributed by atoms with Crippen LogP contribution in [0.3, 0.4) is 0 Å². The normalized spacial score (nSPS) is 23.0. The van der Waals surface area contributed by atoms with Crippen LogP contribution in [0.25, 0.3) is 0 Å². The van der Waals surface area contributed by atoms with Crippen molar-refractivity contribution in [3.05, 3.63) is 23.8 Å². The fourth-order valence-electron chi connectivity index (χ4n) is 3.54. The predicted octanol–water partition coefficient (Wildman–Crippen LogP) is 2.63. The smallest absolute Gasteiger partial charge is 0.121 e. The number of methoxy groups -OCH3 is 1. The Morgan fingerprint density at radius 2 is 2.00 bits per heavy atom. The number of hydrogen-bond donors (Lipinski definition) is 0. The van der Waals surface area contributed by atoms with Gasteiger partial charge in [-0.05, 0) is 44.5 Å². The van der Waals surface area contributed by atoms with Gasteiger partial charge in [-0.15, -0.1) is 0 Å². The Morgan fingerprint density at radius 3 is 2.71 bits per heavy atom. The maximum absolute atomic E-state index is 9.33. The van der Waals surface area contributed by atoms with E-state index in [2.05, 4.69) is 15.9 Å². The summed E-state index contributed by atoms with van der Waals surface area (Å²) in [4.78, 5) is 4.98. The van der Waals surface area contributed by atoms with Crippen molar-refractivity contribution in [1.29, 1.82) is 5.26 Å². The Bertz CT molecular complexity index is 531. The molecule has 0 radical (unpaired) electrons. The molecular weight excluding hydrogens is 262 g/mol. The Labute approximate surface area is 126 Å². The summed E-state index contributed by atoms with van der Waals surface area (Å²) in [7, 11) is 1.67. The average molecular weight is 285 g/mol. The van der Waals surface area contributed by atoms with Gasteiger partial charge in [0.1, 0.15) is 11.8 Å². The SMILES string of the molecule is COc1ccc(C#N)c(N2CCC(N3CCCCC3)C2)c1. The van der Waals surface area contributed by atoms with Gasteiger partial charge in [-0.3, -0.25) is 4.90 Å². The zero-order valence-electron chi connectivity index (χ0n) is 12.7. The van der Waals surface area contributed by atoms with Crippen LogP contribution in [0, 0.1) is 11.3 Å². The summed E-state index contributed by atoms with van der Waals surface area (Å²) in [5, 5.41) is 9.33. The number of ether oxygens (including phenoxy) is 1. The molecule has 0 spiro atoms. The van der Waals surface area contributed by atoms with Gasteiger partial charge in [0.15, 0.2) is 0 Å². The number of nitriles is 1. The van der Waals surface area contributed by atoms with E-state index in [9.17, 15) is 5.26 Å². The molecule has 2 aliphatic heterocycles. The van der Waals surface area contributed by atoms with E-state index in [0.717, 1.165) is 30.1 Å². The van der Waals surface area contributed by atoms with Gasteiger partial charge in [-0.2, -0.15) is 5.26 Å². The summed E-state index contributed by atoms with van der Waals surface area (Å²) in [5.74, 6) is 0.824. The maximum Gasteiger partial charge on any atom is 0.121 e. The fraction of sp³-hybridized carbons (Fsp3) is 0.588. The molecule has 21 heavy (non-hydrogen) atoms. The van der Waals surface area contributed by atoms with Gasteiger partial charge in [0, 0.05) is 25.2 Å². The minimum atomic E-state index is 0.642. The first-order valence-electron chi connectivity index (χ1n) is 7.89. The van der Waals surface area contributed by atoms with Crippen molar-refractivity contribution >= 4 is 5.69 Å². The second-order valence-electron chi connectivity index (χ2n) is 5.98. The first kappa shape index (κ1) is 14.2. The van der Waals surface area contributed by atoms with Crippen LogP contribution in [-0.2, 0) is 0 Å². The third kappa shape index (κ3) is 2.98. The van der Waals surface area contributed by atoms with Crippen molar-refractivity contribution in [2.24, 2.45) is 0 Å². The second-order valence-corrected chi connectivity index (χ2v) is 5.98. The molecular formula is C17H23N3O. The van der Waals surface area contributed by atoms with Crippen LogP contribution in [0.2, 0.25) is 0 Å². The lowest BCUT2D eigenvalue weighted by atomic mass is 10.1. The van der Waals surface area contributed by atoms with Gasteiger partial charge in [0.2, 0.25) is 0 Å². The van der Waals surface area contributed by atoms with Crippen molar-refractivity contribution < 1.29 is 4.74 Å². The van der Waals surface area contributed by atoms with Crippen molar-refractivity contribution in [3.8, 4) is 11.8 Å². The molecule has 2 saturated heterocycles. The van der Waals surface area contributed by atoms with Gasteiger partial charge in [-0.1, -0.05) is 6.42 Å². The molecule has 0 bridgehead atoms. The summed E-state index contributed by atoms with van der Waals surface area (Å²) in [6.45, 7) is 4.54. The molecule has 2 fully saturated rings. The number of anilines is 1. The largest absolute Gasteiger partial charge is 0.497 e. The molecule has 0 aliphatic carbocycles. The highest BCUT2D eigenvalue weighted by Crippen LogP contribution is 2.30. The van der Waals surface area contributed by atoms with Crippen LogP contribution in [0.1, 0.15) is 31.2 Å². The van der Waals surface area contributed by atoms with Crippen LogP contribution in [0.4, 0.5) is 5.69 Å². The average Bonchev–Trinajstić information content (AvgIpc) is 3.05. The number of nitrogens with zero attached hydrogens (tertiary/aromatic N) is 3. The topological polar surface area (TPSA) is 39.5 Å². The van der Waals surface area contributed by atoms with Crippen molar-refractivity contribution in [1.82, 2.24) is 4.90 Å².